The third-order valence-corrected chi connectivity index (χ3v) is 3.47. The summed E-state index contributed by atoms with van der Waals surface area (Å²) in [7, 11) is 0. The van der Waals surface area contributed by atoms with E-state index < -0.39 is 6.61 Å². The molecule has 1 N–H and O–H groups in total. The van der Waals surface area contributed by atoms with Crippen molar-refractivity contribution < 1.29 is 13.5 Å². The van der Waals surface area contributed by atoms with Crippen LogP contribution in [0.5, 0.6) is 5.75 Å². The maximum Gasteiger partial charge on any atom is 0.387 e. The molecule has 1 aromatic carbocycles. The lowest BCUT2D eigenvalue weighted by Crippen LogP contribution is -2.14. The Morgan fingerprint density at radius 1 is 1.37 bits per heavy atom. The third kappa shape index (κ3) is 4.52. The van der Waals surface area contributed by atoms with Gasteiger partial charge in [-0.05, 0) is 18.2 Å². The zero-order chi connectivity index (χ0) is 13.7. The van der Waals surface area contributed by atoms with Gasteiger partial charge in [0.2, 0.25) is 0 Å². The number of nitrogens with zero attached hydrogens (tertiary/aromatic N) is 1. The lowest BCUT2D eigenvalue weighted by molar-refractivity contribution is -0.0505. The van der Waals surface area contributed by atoms with Crippen LogP contribution in [-0.4, -0.2) is 11.6 Å². The molecule has 0 amide bonds. The lowest BCUT2D eigenvalue weighted by atomic mass is 10.2. The van der Waals surface area contributed by atoms with E-state index in [0.29, 0.717) is 18.7 Å². The smallest absolute Gasteiger partial charge is 0.387 e. The number of ether oxygens (including phenoxy) is 1. The van der Waals surface area contributed by atoms with Gasteiger partial charge in [-0.25, -0.2) is 4.98 Å². The SMILES string of the molecule is FC(F)Oc1ccc(Br)cc1CNCc1cscn1. The van der Waals surface area contributed by atoms with Crippen molar-refractivity contribution in [2.45, 2.75) is 19.7 Å². The van der Waals surface area contributed by atoms with Crippen LogP contribution in [0.25, 0.3) is 0 Å². The molecule has 0 atom stereocenters. The minimum absolute atomic E-state index is 0.184. The Morgan fingerprint density at radius 3 is 2.89 bits per heavy atom. The minimum Gasteiger partial charge on any atom is -0.434 e. The fourth-order valence-electron chi connectivity index (χ4n) is 1.55. The van der Waals surface area contributed by atoms with Crippen LogP contribution in [0.1, 0.15) is 11.3 Å². The number of thiazole rings is 1. The number of rotatable bonds is 6. The number of hydrogen-bond acceptors (Lipinski definition) is 4. The first-order valence-electron chi connectivity index (χ1n) is 5.46. The van der Waals surface area contributed by atoms with Crippen molar-refractivity contribution in [1.29, 1.82) is 0 Å². The second kappa shape index (κ2) is 6.93. The van der Waals surface area contributed by atoms with Crippen molar-refractivity contribution in [3.63, 3.8) is 0 Å². The van der Waals surface area contributed by atoms with Gasteiger partial charge in [0.15, 0.2) is 0 Å². The highest BCUT2D eigenvalue weighted by molar-refractivity contribution is 9.10. The largest absolute Gasteiger partial charge is 0.434 e. The molecule has 0 fully saturated rings. The fourth-order valence-corrected chi connectivity index (χ4v) is 2.51. The second-order valence-electron chi connectivity index (χ2n) is 3.71. The van der Waals surface area contributed by atoms with Gasteiger partial charge in [0.1, 0.15) is 5.75 Å². The Morgan fingerprint density at radius 2 is 2.21 bits per heavy atom. The van der Waals surface area contributed by atoms with Crippen LogP contribution < -0.4 is 10.1 Å². The quantitative estimate of drug-likeness (QED) is 0.862. The van der Waals surface area contributed by atoms with Crippen LogP contribution in [0.15, 0.2) is 33.6 Å². The van der Waals surface area contributed by atoms with E-state index >= 15 is 0 Å². The molecule has 0 radical (unpaired) electrons. The van der Waals surface area contributed by atoms with Gasteiger partial charge in [-0.2, -0.15) is 8.78 Å². The van der Waals surface area contributed by atoms with Crippen molar-refractivity contribution in [2.24, 2.45) is 0 Å². The van der Waals surface area contributed by atoms with Crippen molar-refractivity contribution in [1.82, 2.24) is 10.3 Å². The van der Waals surface area contributed by atoms with E-state index in [4.69, 9.17) is 0 Å². The van der Waals surface area contributed by atoms with E-state index in [1.807, 2.05) is 5.38 Å². The summed E-state index contributed by atoms with van der Waals surface area (Å²) in [5, 5.41) is 5.08. The first-order chi connectivity index (χ1) is 9.15. The van der Waals surface area contributed by atoms with Gasteiger partial charge in [-0.1, -0.05) is 15.9 Å². The van der Waals surface area contributed by atoms with E-state index in [1.165, 1.54) is 17.4 Å². The van der Waals surface area contributed by atoms with Crippen molar-refractivity contribution in [3.8, 4) is 5.75 Å². The Labute approximate surface area is 121 Å². The van der Waals surface area contributed by atoms with Gasteiger partial charge in [0, 0.05) is 28.5 Å². The molecule has 0 saturated carbocycles. The lowest BCUT2D eigenvalue weighted by Gasteiger charge is -2.11. The molecule has 1 heterocycles. The maximum atomic E-state index is 12.3. The molecule has 2 rings (SSSR count). The highest BCUT2D eigenvalue weighted by Gasteiger charge is 2.10. The van der Waals surface area contributed by atoms with Gasteiger partial charge >= 0.3 is 6.61 Å². The average Bonchev–Trinajstić information content (AvgIpc) is 2.85. The molecule has 1 aromatic heterocycles. The number of alkyl halides is 2. The van der Waals surface area contributed by atoms with Gasteiger partial charge in [0.05, 0.1) is 11.2 Å². The van der Waals surface area contributed by atoms with E-state index in [0.717, 1.165) is 10.2 Å². The zero-order valence-electron chi connectivity index (χ0n) is 9.78. The van der Waals surface area contributed by atoms with E-state index in [-0.39, 0.29) is 5.75 Å². The number of nitrogens with one attached hydrogen (secondary N) is 1. The summed E-state index contributed by atoms with van der Waals surface area (Å²) in [6, 6.07) is 4.95. The fraction of sp³-hybridized carbons (Fsp3) is 0.250. The molecule has 0 aliphatic rings. The van der Waals surface area contributed by atoms with Crippen molar-refractivity contribution in [3.05, 3.63) is 44.8 Å². The molecule has 0 spiro atoms. The Bertz CT molecular complexity index is 522. The number of benzene rings is 1. The molecule has 0 saturated heterocycles. The zero-order valence-corrected chi connectivity index (χ0v) is 12.2. The first-order valence-corrected chi connectivity index (χ1v) is 7.20. The van der Waals surface area contributed by atoms with E-state index in [1.54, 1.807) is 17.6 Å². The molecular weight excluding hydrogens is 338 g/mol. The van der Waals surface area contributed by atoms with Crippen LogP contribution in [0.2, 0.25) is 0 Å². The summed E-state index contributed by atoms with van der Waals surface area (Å²) in [6.07, 6.45) is 0. The standard InChI is InChI=1S/C12H11BrF2N2OS/c13-9-1-2-11(18-12(14)15)8(3-9)4-16-5-10-6-19-7-17-10/h1-3,6-7,12,16H,4-5H2. The Hall–Kier alpha value is -1.05. The average molecular weight is 349 g/mol. The van der Waals surface area contributed by atoms with E-state index in [2.05, 4.69) is 31.0 Å². The van der Waals surface area contributed by atoms with Crippen LogP contribution in [0, 0.1) is 0 Å². The summed E-state index contributed by atoms with van der Waals surface area (Å²) in [6.45, 7) is -1.80. The van der Waals surface area contributed by atoms with Gasteiger partial charge in [-0.3, -0.25) is 0 Å². The van der Waals surface area contributed by atoms with Crippen LogP contribution in [-0.2, 0) is 13.1 Å². The summed E-state index contributed by atoms with van der Waals surface area (Å²) >= 11 is 4.83. The Kier molecular flexibility index (Phi) is 5.24. The molecule has 102 valence electrons. The molecule has 0 aliphatic heterocycles. The molecule has 3 nitrogen and oxygen atoms in total. The summed E-state index contributed by atoms with van der Waals surface area (Å²) < 4.78 is 29.9. The second-order valence-corrected chi connectivity index (χ2v) is 5.35. The highest BCUT2D eigenvalue weighted by atomic mass is 79.9. The topological polar surface area (TPSA) is 34.1 Å². The van der Waals surface area contributed by atoms with Gasteiger partial charge < -0.3 is 10.1 Å². The van der Waals surface area contributed by atoms with Crippen molar-refractivity contribution in [2.75, 3.05) is 0 Å². The Balaban J connectivity index is 1.99. The van der Waals surface area contributed by atoms with Crippen LogP contribution >= 0.6 is 27.3 Å². The third-order valence-electron chi connectivity index (χ3n) is 2.34. The normalized spacial score (nSPS) is 10.9. The monoisotopic (exact) mass is 348 g/mol. The van der Waals surface area contributed by atoms with Crippen molar-refractivity contribution >= 4 is 27.3 Å². The number of hydrogen-bond donors (Lipinski definition) is 1. The molecule has 2 aromatic rings. The first kappa shape index (κ1) is 14.4. The predicted octanol–water partition coefficient (Wildman–Crippen LogP) is 3.80. The predicted molar refractivity (Wildman–Crippen MR) is 73.4 cm³/mol. The van der Waals surface area contributed by atoms with Gasteiger partial charge in [0.25, 0.3) is 0 Å². The minimum atomic E-state index is -2.82. The molecule has 0 bridgehead atoms. The van der Waals surface area contributed by atoms with Gasteiger partial charge in [-0.15, -0.1) is 11.3 Å². The molecule has 0 unspecified atom stereocenters. The molecule has 7 heteroatoms. The molecule has 19 heavy (non-hydrogen) atoms. The number of aromatic nitrogens is 1. The summed E-state index contributed by atoms with van der Waals surface area (Å²) in [5.41, 5.74) is 3.35. The molecular formula is C12H11BrF2N2OS. The number of halogens is 3. The highest BCUT2D eigenvalue weighted by Crippen LogP contribution is 2.24. The van der Waals surface area contributed by atoms with Crippen LogP contribution in [0.3, 0.4) is 0 Å². The molecule has 0 aliphatic carbocycles. The summed E-state index contributed by atoms with van der Waals surface area (Å²) in [5.74, 6) is 0.184. The summed E-state index contributed by atoms with van der Waals surface area (Å²) in [4.78, 5) is 4.13. The van der Waals surface area contributed by atoms with E-state index in [9.17, 15) is 8.78 Å². The van der Waals surface area contributed by atoms with Crippen LogP contribution in [0.4, 0.5) is 8.78 Å². The maximum absolute atomic E-state index is 12.3.